The number of alkyl carbamates (subject to hydrolysis) is 1. The van der Waals surface area contributed by atoms with Crippen LogP contribution in [0.1, 0.15) is 51.5 Å². The topological polar surface area (TPSA) is 84.4 Å². The van der Waals surface area contributed by atoms with Crippen LogP contribution >= 0.6 is 0 Å². The first-order valence-electron chi connectivity index (χ1n) is 8.71. The molecule has 2 rings (SSSR count). The zero-order valence-electron chi connectivity index (χ0n) is 15.7. The summed E-state index contributed by atoms with van der Waals surface area (Å²) in [6.07, 6.45) is 5.01. The number of ether oxygens (including phenoxy) is 1. The van der Waals surface area contributed by atoms with E-state index in [1.54, 1.807) is 6.20 Å². The largest absolute Gasteiger partial charge is 0.444 e. The zero-order chi connectivity index (χ0) is 18.6. The Bertz CT molecular complexity index is 600. The molecular weight excluding hydrogens is 320 g/mol. The average Bonchev–Trinajstić information content (AvgIpc) is 2.52. The third-order valence-corrected chi connectivity index (χ3v) is 4.43. The second kappa shape index (κ2) is 7.80. The second-order valence-corrected chi connectivity index (χ2v) is 7.75. The van der Waals surface area contributed by atoms with Gasteiger partial charge in [-0.15, -0.1) is 0 Å². The lowest BCUT2D eigenvalue weighted by Gasteiger charge is -2.41. The summed E-state index contributed by atoms with van der Waals surface area (Å²) in [4.78, 5) is 34.5. The summed E-state index contributed by atoms with van der Waals surface area (Å²) >= 11 is 0. The van der Waals surface area contributed by atoms with E-state index in [1.807, 2.05) is 32.6 Å². The number of piperidine rings is 1. The second-order valence-electron chi connectivity index (χ2n) is 7.75. The Balaban J connectivity index is 1.98. The molecule has 1 N–H and O–H groups in total. The predicted molar refractivity (Wildman–Crippen MR) is 94.0 cm³/mol. The maximum Gasteiger partial charge on any atom is 0.407 e. The van der Waals surface area contributed by atoms with Crippen LogP contribution < -0.4 is 5.32 Å². The maximum absolute atomic E-state index is 12.7. The molecule has 7 heteroatoms. The predicted octanol–water partition coefficient (Wildman–Crippen LogP) is 2.49. The van der Waals surface area contributed by atoms with Crippen LogP contribution in [0.5, 0.6) is 0 Å². The molecule has 2 amide bonds. The molecule has 0 aromatic carbocycles. The first-order chi connectivity index (χ1) is 11.7. The molecule has 0 saturated carbocycles. The molecular formula is C18H28N4O3. The first kappa shape index (κ1) is 19.1. The Morgan fingerprint density at radius 2 is 2.04 bits per heavy atom. The maximum atomic E-state index is 12.7. The lowest BCUT2D eigenvalue weighted by atomic mass is 9.83. The molecule has 0 bridgehead atoms. The summed E-state index contributed by atoms with van der Waals surface area (Å²) < 4.78 is 5.28. The first-order valence-corrected chi connectivity index (χ1v) is 8.71. The van der Waals surface area contributed by atoms with E-state index in [0.29, 0.717) is 24.7 Å². The Kier molecular flexibility index (Phi) is 5.98. The molecule has 0 aliphatic carbocycles. The van der Waals surface area contributed by atoms with Crippen molar-refractivity contribution in [2.75, 3.05) is 13.1 Å². The van der Waals surface area contributed by atoms with Gasteiger partial charge in [0.25, 0.3) is 5.91 Å². The smallest absolute Gasteiger partial charge is 0.407 e. The number of hydrogen-bond donors (Lipinski definition) is 1. The molecule has 1 aliphatic rings. The van der Waals surface area contributed by atoms with Gasteiger partial charge in [-0.05, 0) is 46.0 Å². The summed E-state index contributed by atoms with van der Waals surface area (Å²) in [7, 11) is 0. The van der Waals surface area contributed by atoms with Crippen molar-refractivity contribution in [1.82, 2.24) is 20.2 Å². The number of likely N-dealkylation sites (tertiary alicyclic amines) is 1. The number of rotatable bonds is 3. The molecule has 1 aliphatic heterocycles. The summed E-state index contributed by atoms with van der Waals surface area (Å²) in [5.74, 6) is 0.454. The normalized spacial score (nSPS) is 23.9. The monoisotopic (exact) mass is 348 g/mol. The fourth-order valence-electron chi connectivity index (χ4n) is 3.10. The van der Waals surface area contributed by atoms with Crippen LogP contribution in [-0.4, -0.2) is 51.6 Å². The van der Waals surface area contributed by atoms with E-state index in [-0.39, 0.29) is 17.9 Å². The van der Waals surface area contributed by atoms with Crippen LogP contribution in [0.3, 0.4) is 0 Å². The van der Waals surface area contributed by atoms with Gasteiger partial charge in [0.2, 0.25) is 0 Å². The van der Waals surface area contributed by atoms with Crippen molar-refractivity contribution in [2.24, 2.45) is 11.8 Å². The van der Waals surface area contributed by atoms with Gasteiger partial charge < -0.3 is 15.0 Å². The molecule has 7 nitrogen and oxygen atoms in total. The molecule has 0 unspecified atom stereocenters. The van der Waals surface area contributed by atoms with E-state index < -0.39 is 11.7 Å². The number of nitrogens with one attached hydrogen (secondary N) is 1. The average molecular weight is 348 g/mol. The number of aromatic nitrogens is 2. The highest BCUT2D eigenvalue weighted by Crippen LogP contribution is 2.28. The Morgan fingerprint density at radius 1 is 1.32 bits per heavy atom. The lowest BCUT2D eigenvalue weighted by molar-refractivity contribution is 0.0397. The van der Waals surface area contributed by atoms with Gasteiger partial charge in [-0.25, -0.2) is 9.78 Å². The number of amides is 2. The molecule has 1 aromatic heterocycles. The Morgan fingerprint density at radius 3 is 2.64 bits per heavy atom. The summed E-state index contributed by atoms with van der Waals surface area (Å²) in [6, 6.07) is 0.127. The Hall–Kier alpha value is -2.18. The quantitative estimate of drug-likeness (QED) is 0.907. The fourth-order valence-corrected chi connectivity index (χ4v) is 3.10. The van der Waals surface area contributed by atoms with Gasteiger partial charge in [-0.1, -0.05) is 6.92 Å². The fraction of sp³-hybridized carbons (Fsp3) is 0.667. The van der Waals surface area contributed by atoms with Gasteiger partial charge in [-0.3, -0.25) is 9.78 Å². The molecule has 138 valence electrons. The molecule has 1 saturated heterocycles. The van der Waals surface area contributed by atoms with E-state index in [4.69, 9.17) is 4.74 Å². The number of nitrogens with zero attached hydrogens (tertiary/aromatic N) is 3. The van der Waals surface area contributed by atoms with Crippen molar-refractivity contribution in [3.8, 4) is 0 Å². The van der Waals surface area contributed by atoms with Crippen molar-refractivity contribution in [3.05, 3.63) is 24.3 Å². The van der Waals surface area contributed by atoms with Crippen LogP contribution in [0, 0.1) is 11.8 Å². The van der Waals surface area contributed by atoms with E-state index >= 15 is 0 Å². The van der Waals surface area contributed by atoms with Crippen molar-refractivity contribution < 1.29 is 14.3 Å². The molecule has 2 heterocycles. The van der Waals surface area contributed by atoms with Gasteiger partial charge in [0.15, 0.2) is 0 Å². The van der Waals surface area contributed by atoms with Crippen molar-refractivity contribution >= 4 is 12.0 Å². The van der Waals surface area contributed by atoms with E-state index in [1.165, 1.54) is 12.4 Å². The van der Waals surface area contributed by atoms with Crippen molar-refractivity contribution in [2.45, 2.75) is 52.7 Å². The highest BCUT2D eigenvalue weighted by molar-refractivity contribution is 5.92. The van der Waals surface area contributed by atoms with E-state index in [2.05, 4.69) is 22.2 Å². The summed E-state index contributed by atoms with van der Waals surface area (Å²) in [6.45, 7) is 10.8. The zero-order valence-corrected chi connectivity index (χ0v) is 15.7. The minimum atomic E-state index is -0.523. The van der Waals surface area contributed by atoms with Crippen LogP contribution in [-0.2, 0) is 4.74 Å². The van der Waals surface area contributed by atoms with Gasteiger partial charge in [0.05, 0.1) is 6.20 Å². The molecule has 3 atom stereocenters. The number of hydrogen-bond acceptors (Lipinski definition) is 5. The molecule has 1 fully saturated rings. The van der Waals surface area contributed by atoms with E-state index in [9.17, 15) is 9.59 Å². The van der Waals surface area contributed by atoms with Gasteiger partial charge in [-0.2, -0.15) is 0 Å². The van der Waals surface area contributed by atoms with Crippen molar-refractivity contribution in [1.29, 1.82) is 0 Å². The van der Waals surface area contributed by atoms with Gasteiger partial charge in [0.1, 0.15) is 11.3 Å². The summed E-state index contributed by atoms with van der Waals surface area (Å²) in [5.41, 5.74) is -0.173. The highest BCUT2D eigenvalue weighted by Gasteiger charge is 2.34. The van der Waals surface area contributed by atoms with E-state index in [0.717, 1.165) is 6.42 Å². The lowest BCUT2D eigenvalue weighted by Crippen LogP contribution is -2.51. The van der Waals surface area contributed by atoms with Crippen LogP contribution in [0.2, 0.25) is 0 Å². The van der Waals surface area contributed by atoms with Gasteiger partial charge in [0, 0.05) is 31.5 Å². The van der Waals surface area contributed by atoms with Gasteiger partial charge >= 0.3 is 6.09 Å². The SMILES string of the molecule is C[C@@H]1C[C@@H](C)N(C(=O)c2cnccn2)C[C@@H]1CNC(=O)OC(C)(C)C. The third-order valence-electron chi connectivity index (χ3n) is 4.43. The Labute approximate surface area is 149 Å². The standard InChI is InChI=1S/C18H28N4O3/c1-12-8-13(2)22(16(23)15-10-19-6-7-20-15)11-14(12)9-21-17(24)25-18(3,4)5/h6-7,10,12-14H,8-9,11H2,1-5H3,(H,21,24)/t12-,13-,14+/m1/s1. The molecule has 1 aromatic rings. The highest BCUT2D eigenvalue weighted by atomic mass is 16.6. The number of carbonyl (C=O) groups is 2. The molecule has 25 heavy (non-hydrogen) atoms. The summed E-state index contributed by atoms with van der Waals surface area (Å²) in [5, 5.41) is 2.83. The minimum absolute atomic E-state index is 0.116. The van der Waals surface area contributed by atoms with Crippen LogP contribution in [0.15, 0.2) is 18.6 Å². The van der Waals surface area contributed by atoms with Crippen LogP contribution in [0.25, 0.3) is 0 Å². The molecule has 0 spiro atoms. The van der Waals surface area contributed by atoms with Crippen LogP contribution in [0.4, 0.5) is 4.79 Å². The van der Waals surface area contributed by atoms with Crippen molar-refractivity contribution in [3.63, 3.8) is 0 Å². The number of carbonyl (C=O) groups excluding carboxylic acids is 2. The minimum Gasteiger partial charge on any atom is -0.444 e. The third kappa shape index (κ3) is 5.41. The molecule has 0 radical (unpaired) electrons.